The molecule has 0 bridgehead atoms. The number of carboxylic acids is 1. The number of nitrogens with one attached hydrogen (secondary N) is 1. The van der Waals surface area contributed by atoms with Crippen LogP contribution in [0.5, 0.6) is 0 Å². The third kappa shape index (κ3) is 2.40. The van der Waals surface area contributed by atoms with Crippen molar-refractivity contribution >= 4 is 32.9 Å². The molecule has 0 aliphatic heterocycles. The Morgan fingerprint density at radius 3 is 2.71 bits per heavy atom. The molecular formula is C14H7BrF2N2O2. The summed E-state index contributed by atoms with van der Waals surface area (Å²) in [6, 6.07) is 6.29. The number of aromatic carboxylic acids is 1. The monoisotopic (exact) mass is 352 g/mol. The lowest BCUT2D eigenvalue weighted by Gasteiger charge is -2.00. The van der Waals surface area contributed by atoms with Gasteiger partial charge >= 0.3 is 5.97 Å². The largest absolute Gasteiger partial charge is 0.478 e. The minimum atomic E-state index is -1.37. The first-order valence-corrected chi connectivity index (χ1v) is 6.63. The fourth-order valence-electron chi connectivity index (χ4n) is 2.00. The van der Waals surface area contributed by atoms with Gasteiger partial charge in [0.05, 0.1) is 16.6 Å². The number of nitrogens with zero attached hydrogens (tertiary/aromatic N) is 1. The molecule has 0 atom stereocenters. The summed E-state index contributed by atoms with van der Waals surface area (Å²) >= 11 is 3.28. The summed E-state index contributed by atoms with van der Waals surface area (Å²) in [6.07, 6.45) is 0. The number of benzene rings is 2. The topological polar surface area (TPSA) is 66.0 Å². The Hall–Kier alpha value is -2.28. The van der Waals surface area contributed by atoms with E-state index in [1.54, 1.807) is 0 Å². The molecule has 1 heterocycles. The second kappa shape index (κ2) is 4.92. The Bertz CT molecular complexity index is 877. The summed E-state index contributed by atoms with van der Waals surface area (Å²) in [6.45, 7) is 0. The fourth-order valence-corrected chi connectivity index (χ4v) is 2.44. The van der Waals surface area contributed by atoms with Gasteiger partial charge < -0.3 is 10.1 Å². The summed E-state index contributed by atoms with van der Waals surface area (Å²) in [5, 5.41) is 8.89. The molecule has 2 N–H and O–H groups in total. The number of aromatic amines is 1. The number of hydrogen-bond donors (Lipinski definition) is 2. The summed E-state index contributed by atoms with van der Waals surface area (Å²) in [5.41, 5.74) is 0.631. The minimum absolute atomic E-state index is 0.292. The molecule has 21 heavy (non-hydrogen) atoms. The number of carboxylic acid groups (broad SMARTS) is 1. The Labute approximate surface area is 125 Å². The number of halogens is 3. The first-order chi connectivity index (χ1) is 9.95. The lowest BCUT2D eigenvalue weighted by atomic mass is 10.2. The zero-order valence-corrected chi connectivity index (χ0v) is 11.9. The summed E-state index contributed by atoms with van der Waals surface area (Å²) in [4.78, 5) is 17.9. The average molecular weight is 353 g/mol. The van der Waals surface area contributed by atoms with Gasteiger partial charge in [-0.15, -0.1) is 0 Å². The molecule has 0 aliphatic rings. The highest BCUT2D eigenvalue weighted by Crippen LogP contribution is 2.29. The van der Waals surface area contributed by atoms with Gasteiger partial charge in [-0.2, -0.15) is 0 Å². The minimum Gasteiger partial charge on any atom is -0.478 e. The first-order valence-electron chi connectivity index (χ1n) is 5.83. The van der Waals surface area contributed by atoms with E-state index in [9.17, 15) is 13.6 Å². The Kier molecular flexibility index (Phi) is 3.21. The molecular weight excluding hydrogens is 346 g/mol. The zero-order chi connectivity index (χ0) is 15.1. The predicted molar refractivity (Wildman–Crippen MR) is 76.1 cm³/mol. The molecule has 0 fully saturated rings. The summed E-state index contributed by atoms with van der Waals surface area (Å²) in [5.74, 6) is -2.35. The van der Waals surface area contributed by atoms with Crippen LogP contribution in [0.25, 0.3) is 22.4 Å². The van der Waals surface area contributed by atoms with Gasteiger partial charge in [-0.05, 0) is 24.3 Å². The van der Waals surface area contributed by atoms with Crippen LogP contribution in [-0.4, -0.2) is 21.0 Å². The summed E-state index contributed by atoms with van der Waals surface area (Å²) < 4.78 is 27.6. The van der Waals surface area contributed by atoms with E-state index >= 15 is 0 Å². The third-order valence-corrected chi connectivity index (χ3v) is 3.68. The van der Waals surface area contributed by atoms with Crippen LogP contribution in [0.2, 0.25) is 0 Å². The van der Waals surface area contributed by atoms with Crippen LogP contribution in [0.15, 0.2) is 34.8 Å². The van der Waals surface area contributed by atoms with E-state index in [1.807, 2.05) is 0 Å². The smallest absolute Gasteiger partial charge is 0.338 e. The Morgan fingerprint density at radius 2 is 2.00 bits per heavy atom. The summed E-state index contributed by atoms with van der Waals surface area (Å²) in [7, 11) is 0. The van der Waals surface area contributed by atoms with E-state index in [2.05, 4.69) is 25.9 Å². The van der Waals surface area contributed by atoms with Crippen LogP contribution < -0.4 is 0 Å². The number of hydrogen-bond acceptors (Lipinski definition) is 2. The van der Waals surface area contributed by atoms with Crippen molar-refractivity contribution < 1.29 is 18.7 Å². The van der Waals surface area contributed by atoms with Crippen molar-refractivity contribution in [3.8, 4) is 11.4 Å². The molecule has 106 valence electrons. The lowest BCUT2D eigenvalue weighted by molar-refractivity contribution is 0.0692. The van der Waals surface area contributed by atoms with E-state index < -0.39 is 23.2 Å². The molecule has 0 aliphatic carbocycles. The van der Waals surface area contributed by atoms with Crippen LogP contribution in [0.3, 0.4) is 0 Å². The number of rotatable bonds is 2. The maximum Gasteiger partial charge on any atom is 0.338 e. The van der Waals surface area contributed by atoms with Gasteiger partial charge in [0.15, 0.2) is 0 Å². The zero-order valence-electron chi connectivity index (χ0n) is 10.3. The van der Waals surface area contributed by atoms with Crippen LogP contribution in [0, 0.1) is 11.6 Å². The molecule has 0 spiro atoms. The van der Waals surface area contributed by atoms with E-state index in [0.717, 1.165) is 12.1 Å². The predicted octanol–water partition coefficient (Wildman–Crippen LogP) is 3.97. The van der Waals surface area contributed by atoms with Crippen molar-refractivity contribution in [2.75, 3.05) is 0 Å². The molecule has 2 aromatic carbocycles. The van der Waals surface area contributed by atoms with Crippen molar-refractivity contribution in [1.82, 2.24) is 9.97 Å². The molecule has 4 nitrogen and oxygen atoms in total. The van der Waals surface area contributed by atoms with Gasteiger partial charge in [0.25, 0.3) is 0 Å². The first kappa shape index (κ1) is 13.7. The van der Waals surface area contributed by atoms with Crippen molar-refractivity contribution in [1.29, 1.82) is 0 Å². The van der Waals surface area contributed by atoms with Crippen molar-refractivity contribution in [2.24, 2.45) is 0 Å². The fraction of sp³-hybridized carbons (Fsp3) is 0. The van der Waals surface area contributed by atoms with Gasteiger partial charge in [-0.25, -0.2) is 18.6 Å². The molecule has 1 aromatic heterocycles. The number of carbonyl (C=O) groups is 1. The molecule has 0 unspecified atom stereocenters. The van der Waals surface area contributed by atoms with Gasteiger partial charge in [-0.1, -0.05) is 15.9 Å². The van der Waals surface area contributed by atoms with Crippen molar-refractivity contribution in [2.45, 2.75) is 0 Å². The second-order valence-electron chi connectivity index (χ2n) is 4.36. The van der Waals surface area contributed by atoms with Gasteiger partial charge in [0, 0.05) is 16.1 Å². The number of aromatic nitrogens is 2. The molecule has 7 heteroatoms. The SMILES string of the molecule is O=C(O)c1cc2nc(-c3cc(F)ccc3Br)[nH]c2cc1F. The molecule has 3 aromatic rings. The number of fused-ring (bicyclic) bond motifs is 1. The number of H-pyrrole nitrogens is 1. The van der Waals surface area contributed by atoms with Crippen LogP contribution >= 0.6 is 15.9 Å². The highest BCUT2D eigenvalue weighted by atomic mass is 79.9. The quantitative estimate of drug-likeness (QED) is 0.733. The molecule has 0 amide bonds. The van der Waals surface area contributed by atoms with E-state index in [1.165, 1.54) is 18.2 Å². The van der Waals surface area contributed by atoms with Crippen molar-refractivity contribution in [3.05, 3.63) is 52.0 Å². The second-order valence-corrected chi connectivity index (χ2v) is 5.22. The molecule has 0 radical (unpaired) electrons. The molecule has 3 rings (SSSR count). The maximum atomic E-state index is 13.6. The van der Waals surface area contributed by atoms with Crippen LogP contribution in [0.1, 0.15) is 10.4 Å². The molecule has 0 saturated heterocycles. The van der Waals surface area contributed by atoms with E-state index in [-0.39, 0.29) is 0 Å². The standard InChI is InChI=1S/C14H7BrF2N2O2/c15-9-2-1-6(16)3-7(9)13-18-11-4-8(14(20)21)10(17)5-12(11)19-13/h1-5H,(H,18,19)(H,20,21). The highest BCUT2D eigenvalue weighted by Gasteiger charge is 2.15. The van der Waals surface area contributed by atoms with E-state index in [0.29, 0.717) is 26.9 Å². The maximum absolute atomic E-state index is 13.6. The van der Waals surface area contributed by atoms with Gasteiger partial charge in [0.1, 0.15) is 17.5 Å². The molecule has 0 saturated carbocycles. The van der Waals surface area contributed by atoms with E-state index in [4.69, 9.17) is 5.11 Å². The van der Waals surface area contributed by atoms with Crippen molar-refractivity contribution in [3.63, 3.8) is 0 Å². The van der Waals surface area contributed by atoms with Crippen LogP contribution in [0.4, 0.5) is 8.78 Å². The van der Waals surface area contributed by atoms with Gasteiger partial charge in [-0.3, -0.25) is 0 Å². The third-order valence-electron chi connectivity index (χ3n) is 2.98. The lowest BCUT2D eigenvalue weighted by Crippen LogP contribution is -1.99. The number of imidazole rings is 1. The average Bonchev–Trinajstić information content (AvgIpc) is 2.82. The van der Waals surface area contributed by atoms with Gasteiger partial charge in [0.2, 0.25) is 0 Å². The highest BCUT2D eigenvalue weighted by molar-refractivity contribution is 9.10. The Morgan fingerprint density at radius 1 is 1.24 bits per heavy atom. The van der Waals surface area contributed by atoms with Crippen LogP contribution in [-0.2, 0) is 0 Å². The Balaban J connectivity index is 2.21. The normalized spacial score (nSPS) is 11.0.